The zero-order valence-electron chi connectivity index (χ0n) is 10.2. The molecule has 1 saturated heterocycles. The summed E-state index contributed by atoms with van der Waals surface area (Å²) in [7, 11) is 0. The Bertz CT molecular complexity index is 162. The van der Waals surface area contributed by atoms with E-state index >= 15 is 0 Å². The van der Waals surface area contributed by atoms with Crippen molar-refractivity contribution in [3.8, 4) is 0 Å². The van der Waals surface area contributed by atoms with Crippen molar-refractivity contribution in [3.05, 3.63) is 0 Å². The fourth-order valence-corrected chi connectivity index (χ4v) is 1.96. The van der Waals surface area contributed by atoms with Gasteiger partial charge in [0.2, 0.25) is 0 Å². The number of hydrogen-bond acceptors (Lipinski definition) is 2. The van der Waals surface area contributed by atoms with E-state index in [1.165, 1.54) is 25.8 Å². The van der Waals surface area contributed by atoms with Gasteiger partial charge in [-0.15, -0.1) is 0 Å². The van der Waals surface area contributed by atoms with Crippen LogP contribution in [0.3, 0.4) is 0 Å². The highest BCUT2D eigenvalue weighted by molar-refractivity contribution is 4.73. The molecule has 2 heteroatoms. The maximum absolute atomic E-state index is 5.74. The van der Waals surface area contributed by atoms with Crippen LogP contribution >= 0.6 is 0 Å². The molecule has 1 aliphatic rings. The van der Waals surface area contributed by atoms with Crippen molar-refractivity contribution in [1.82, 2.24) is 4.90 Å². The molecule has 1 rings (SSSR count). The Kier molecular flexibility index (Phi) is 4.39. The van der Waals surface area contributed by atoms with Gasteiger partial charge in [-0.3, -0.25) is 4.90 Å². The van der Waals surface area contributed by atoms with E-state index in [-0.39, 0.29) is 5.60 Å². The first-order valence-corrected chi connectivity index (χ1v) is 5.87. The maximum atomic E-state index is 5.74. The highest BCUT2D eigenvalue weighted by atomic mass is 16.5. The molecule has 14 heavy (non-hydrogen) atoms. The Morgan fingerprint density at radius 2 is 2.00 bits per heavy atom. The first-order valence-electron chi connectivity index (χ1n) is 5.87. The molecule has 0 spiro atoms. The Morgan fingerprint density at radius 1 is 1.29 bits per heavy atom. The monoisotopic (exact) mass is 199 g/mol. The van der Waals surface area contributed by atoms with E-state index in [4.69, 9.17) is 4.74 Å². The summed E-state index contributed by atoms with van der Waals surface area (Å²) in [5.74, 6) is 0. The Labute approximate surface area is 88.6 Å². The van der Waals surface area contributed by atoms with Gasteiger partial charge in [0.1, 0.15) is 0 Å². The van der Waals surface area contributed by atoms with Crippen LogP contribution in [0.1, 0.15) is 47.0 Å². The first-order chi connectivity index (χ1) is 6.49. The quantitative estimate of drug-likeness (QED) is 0.693. The van der Waals surface area contributed by atoms with Gasteiger partial charge in [-0.1, -0.05) is 6.42 Å². The van der Waals surface area contributed by atoms with Crippen molar-refractivity contribution in [3.63, 3.8) is 0 Å². The molecule has 2 nitrogen and oxygen atoms in total. The number of likely N-dealkylation sites (tertiary alicyclic amines) is 1. The molecule has 0 aromatic carbocycles. The van der Waals surface area contributed by atoms with Gasteiger partial charge >= 0.3 is 0 Å². The van der Waals surface area contributed by atoms with Gasteiger partial charge in [0.25, 0.3) is 0 Å². The molecule has 0 saturated carbocycles. The van der Waals surface area contributed by atoms with Crippen LogP contribution in [-0.2, 0) is 4.74 Å². The van der Waals surface area contributed by atoms with E-state index in [0.29, 0.717) is 0 Å². The topological polar surface area (TPSA) is 12.5 Å². The van der Waals surface area contributed by atoms with E-state index in [1.54, 1.807) is 0 Å². The second-order valence-electron chi connectivity index (χ2n) is 5.34. The van der Waals surface area contributed by atoms with E-state index in [2.05, 4.69) is 32.6 Å². The summed E-state index contributed by atoms with van der Waals surface area (Å²) < 4.78 is 5.74. The summed E-state index contributed by atoms with van der Waals surface area (Å²) in [5, 5.41) is 0. The largest absolute Gasteiger partial charge is 0.375 e. The average Bonchev–Trinajstić information content (AvgIpc) is 2.06. The first kappa shape index (κ1) is 12.0. The van der Waals surface area contributed by atoms with Crippen LogP contribution in [0.5, 0.6) is 0 Å². The summed E-state index contributed by atoms with van der Waals surface area (Å²) >= 11 is 0. The highest BCUT2D eigenvalue weighted by Gasteiger charge is 2.18. The molecule has 0 radical (unpaired) electrons. The van der Waals surface area contributed by atoms with Gasteiger partial charge in [-0.2, -0.15) is 0 Å². The molecule has 1 unspecified atom stereocenters. The Morgan fingerprint density at radius 3 is 2.57 bits per heavy atom. The van der Waals surface area contributed by atoms with Crippen molar-refractivity contribution in [2.24, 2.45) is 0 Å². The predicted octanol–water partition coefficient (Wildman–Crippen LogP) is 2.68. The summed E-state index contributed by atoms with van der Waals surface area (Å²) in [5.41, 5.74) is 0.0129. The van der Waals surface area contributed by atoms with Crippen molar-refractivity contribution in [2.45, 2.75) is 58.6 Å². The lowest BCUT2D eigenvalue weighted by Gasteiger charge is -2.34. The number of rotatable bonds is 3. The molecule has 0 amide bonds. The molecule has 0 aromatic rings. The molecule has 0 N–H and O–H groups in total. The molecular formula is C12H25NO. The predicted molar refractivity (Wildman–Crippen MR) is 60.6 cm³/mol. The summed E-state index contributed by atoms with van der Waals surface area (Å²) in [6.45, 7) is 11.9. The highest BCUT2D eigenvalue weighted by Crippen LogP contribution is 2.16. The fraction of sp³-hybridized carbons (Fsp3) is 1.00. The Balaban J connectivity index is 2.17. The normalized spacial score (nSPS) is 25.3. The molecule has 0 aromatic heterocycles. The lowest BCUT2D eigenvalue weighted by atomic mass is 10.0. The summed E-state index contributed by atoms with van der Waals surface area (Å²) in [4.78, 5) is 2.55. The Hall–Kier alpha value is -0.0800. The van der Waals surface area contributed by atoms with Crippen molar-refractivity contribution >= 4 is 0 Å². The van der Waals surface area contributed by atoms with Crippen molar-refractivity contribution in [2.75, 3.05) is 19.7 Å². The number of nitrogens with zero attached hydrogens (tertiary/aromatic N) is 1. The van der Waals surface area contributed by atoms with Gasteiger partial charge < -0.3 is 4.74 Å². The lowest BCUT2D eigenvalue weighted by Crippen LogP contribution is -2.40. The summed E-state index contributed by atoms with van der Waals surface area (Å²) in [6, 6.07) is 0.757. The molecule has 0 bridgehead atoms. The second-order valence-corrected chi connectivity index (χ2v) is 5.34. The fourth-order valence-electron chi connectivity index (χ4n) is 1.96. The van der Waals surface area contributed by atoms with E-state index in [1.807, 2.05) is 0 Å². The maximum Gasteiger partial charge on any atom is 0.0600 e. The second kappa shape index (κ2) is 5.13. The van der Waals surface area contributed by atoms with E-state index in [9.17, 15) is 0 Å². The average molecular weight is 199 g/mol. The molecule has 1 heterocycles. The van der Waals surface area contributed by atoms with Gasteiger partial charge in [0, 0.05) is 12.6 Å². The minimum Gasteiger partial charge on any atom is -0.375 e. The van der Waals surface area contributed by atoms with Crippen LogP contribution < -0.4 is 0 Å². The summed E-state index contributed by atoms with van der Waals surface area (Å²) in [6.07, 6.45) is 4.12. The van der Waals surface area contributed by atoms with Crippen LogP contribution in [-0.4, -0.2) is 36.2 Å². The van der Waals surface area contributed by atoms with E-state index < -0.39 is 0 Å². The van der Waals surface area contributed by atoms with Gasteiger partial charge in [-0.25, -0.2) is 0 Å². The number of piperidine rings is 1. The van der Waals surface area contributed by atoms with Gasteiger partial charge in [-0.05, 0) is 47.1 Å². The molecule has 84 valence electrons. The van der Waals surface area contributed by atoms with Crippen LogP contribution in [0.4, 0.5) is 0 Å². The minimum atomic E-state index is 0.0129. The third kappa shape index (κ3) is 4.43. The number of ether oxygens (including phenoxy) is 1. The molecule has 1 fully saturated rings. The zero-order valence-corrected chi connectivity index (χ0v) is 10.2. The van der Waals surface area contributed by atoms with Crippen molar-refractivity contribution in [1.29, 1.82) is 0 Å². The van der Waals surface area contributed by atoms with Crippen LogP contribution in [0.15, 0.2) is 0 Å². The SMILES string of the molecule is CC1CCCCN1CCOC(C)(C)C. The van der Waals surface area contributed by atoms with Gasteiger partial charge in [0.15, 0.2) is 0 Å². The van der Waals surface area contributed by atoms with Crippen LogP contribution in [0.2, 0.25) is 0 Å². The molecule has 1 atom stereocenters. The lowest BCUT2D eigenvalue weighted by molar-refractivity contribution is -0.0198. The molecular weight excluding hydrogens is 174 g/mol. The van der Waals surface area contributed by atoms with Gasteiger partial charge in [0.05, 0.1) is 12.2 Å². The molecule has 1 aliphatic heterocycles. The minimum absolute atomic E-state index is 0.0129. The smallest absolute Gasteiger partial charge is 0.0600 e. The zero-order chi connectivity index (χ0) is 10.6. The van der Waals surface area contributed by atoms with Crippen LogP contribution in [0, 0.1) is 0 Å². The number of hydrogen-bond donors (Lipinski definition) is 0. The standard InChI is InChI=1S/C12H25NO/c1-11-7-5-6-8-13(11)9-10-14-12(2,3)4/h11H,5-10H2,1-4H3. The van der Waals surface area contributed by atoms with Crippen LogP contribution in [0.25, 0.3) is 0 Å². The van der Waals surface area contributed by atoms with E-state index in [0.717, 1.165) is 19.2 Å². The third-order valence-corrected chi connectivity index (χ3v) is 2.85. The van der Waals surface area contributed by atoms with Crippen molar-refractivity contribution < 1.29 is 4.74 Å². The molecule has 0 aliphatic carbocycles. The third-order valence-electron chi connectivity index (χ3n) is 2.85.